The lowest BCUT2D eigenvalue weighted by Gasteiger charge is -2.07. The maximum atomic E-state index is 12.2. The average Bonchev–Trinajstić information content (AvgIpc) is 3.00. The van der Waals surface area contributed by atoms with Gasteiger partial charge in [0.25, 0.3) is 5.91 Å². The number of nitrogens with one attached hydrogen (secondary N) is 3. The second-order valence-electron chi connectivity index (χ2n) is 5.29. The number of hydrogen-bond donors (Lipinski definition) is 3. The third-order valence-electron chi connectivity index (χ3n) is 3.16. The van der Waals surface area contributed by atoms with E-state index in [0.29, 0.717) is 11.4 Å². The van der Waals surface area contributed by atoms with Crippen molar-refractivity contribution in [3.63, 3.8) is 0 Å². The summed E-state index contributed by atoms with van der Waals surface area (Å²) in [5.74, 6) is 0.102. The number of amides is 1. The lowest BCUT2D eigenvalue weighted by molar-refractivity contribution is 0.0995. The van der Waals surface area contributed by atoms with Crippen molar-refractivity contribution in [2.75, 3.05) is 18.1 Å². The van der Waals surface area contributed by atoms with Crippen LogP contribution in [0.25, 0.3) is 0 Å². The van der Waals surface area contributed by atoms with Gasteiger partial charge in [0.05, 0.1) is 12.8 Å². The average molecular weight is 351 g/mol. The normalized spacial score (nSPS) is 11.4. The van der Waals surface area contributed by atoms with E-state index in [-0.39, 0.29) is 18.2 Å². The second kappa shape index (κ2) is 8.09. The molecule has 1 heterocycles. The fourth-order valence-corrected chi connectivity index (χ4v) is 2.42. The molecule has 0 bridgehead atoms. The van der Waals surface area contributed by atoms with E-state index in [2.05, 4.69) is 15.4 Å². The van der Waals surface area contributed by atoms with Crippen molar-refractivity contribution in [2.24, 2.45) is 0 Å². The SMILES string of the molecule is CCNCc1cccc(NC(=O)c2ccc(CNS(C)(=O)=O)o2)c1. The Balaban J connectivity index is 1.98. The van der Waals surface area contributed by atoms with Crippen molar-refractivity contribution in [2.45, 2.75) is 20.0 Å². The molecule has 8 heteroatoms. The van der Waals surface area contributed by atoms with Crippen LogP contribution in [0.1, 0.15) is 28.8 Å². The van der Waals surface area contributed by atoms with Gasteiger partial charge in [-0.25, -0.2) is 13.1 Å². The summed E-state index contributed by atoms with van der Waals surface area (Å²) in [5, 5.41) is 5.98. The van der Waals surface area contributed by atoms with E-state index in [1.54, 1.807) is 12.1 Å². The highest BCUT2D eigenvalue weighted by atomic mass is 32.2. The molecule has 130 valence electrons. The molecule has 2 aromatic rings. The van der Waals surface area contributed by atoms with Crippen molar-refractivity contribution < 1.29 is 17.6 Å². The Kier molecular flexibility index (Phi) is 6.13. The maximum Gasteiger partial charge on any atom is 0.291 e. The van der Waals surface area contributed by atoms with E-state index in [9.17, 15) is 13.2 Å². The molecule has 0 saturated carbocycles. The second-order valence-corrected chi connectivity index (χ2v) is 7.13. The largest absolute Gasteiger partial charge is 0.455 e. The van der Waals surface area contributed by atoms with Gasteiger partial charge in [-0.05, 0) is 36.4 Å². The van der Waals surface area contributed by atoms with Crippen molar-refractivity contribution in [1.29, 1.82) is 0 Å². The summed E-state index contributed by atoms with van der Waals surface area (Å²) in [6, 6.07) is 10.6. The number of carbonyl (C=O) groups excluding carboxylic acids is 1. The Morgan fingerprint density at radius 1 is 1.17 bits per heavy atom. The lowest BCUT2D eigenvalue weighted by Crippen LogP contribution is -2.20. The van der Waals surface area contributed by atoms with Crippen molar-refractivity contribution >= 4 is 21.6 Å². The number of anilines is 1. The van der Waals surface area contributed by atoms with Gasteiger partial charge >= 0.3 is 0 Å². The third kappa shape index (κ3) is 5.80. The van der Waals surface area contributed by atoms with E-state index < -0.39 is 10.0 Å². The smallest absolute Gasteiger partial charge is 0.291 e. The number of sulfonamides is 1. The molecule has 1 aromatic carbocycles. The molecule has 24 heavy (non-hydrogen) atoms. The fourth-order valence-electron chi connectivity index (χ4n) is 2.02. The van der Waals surface area contributed by atoms with Gasteiger partial charge in [0.2, 0.25) is 10.0 Å². The number of rotatable bonds is 8. The molecule has 0 atom stereocenters. The molecule has 0 aliphatic carbocycles. The highest BCUT2D eigenvalue weighted by molar-refractivity contribution is 7.88. The molecular weight excluding hydrogens is 330 g/mol. The number of furan rings is 1. The molecule has 0 saturated heterocycles. The summed E-state index contributed by atoms with van der Waals surface area (Å²) in [6.07, 6.45) is 1.06. The molecule has 3 N–H and O–H groups in total. The van der Waals surface area contributed by atoms with Crippen LogP contribution in [0.2, 0.25) is 0 Å². The first kappa shape index (κ1) is 18.2. The van der Waals surface area contributed by atoms with E-state index in [4.69, 9.17) is 4.42 Å². The molecule has 1 amide bonds. The first-order chi connectivity index (χ1) is 11.4. The minimum Gasteiger partial charge on any atom is -0.455 e. The third-order valence-corrected chi connectivity index (χ3v) is 3.83. The van der Waals surface area contributed by atoms with Crippen molar-refractivity contribution in [3.8, 4) is 0 Å². The summed E-state index contributed by atoms with van der Waals surface area (Å²) in [6.45, 7) is 3.62. The zero-order valence-corrected chi connectivity index (χ0v) is 14.4. The van der Waals surface area contributed by atoms with E-state index in [0.717, 1.165) is 24.9 Å². The van der Waals surface area contributed by atoms with E-state index in [1.807, 2.05) is 25.1 Å². The van der Waals surface area contributed by atoms with Gasteiger partial charge in [-0.2, -0.15) is 0 Å². The number of hydrogen-bond acceptors (Lipinski definition) is 5. The number of benzene rings is 1. The summed E-state index contributed by atoms with van der Waals surface area (Å²) in [4.78, 5) is 12.2. The highest BCUT2D eigenvalue weighted by Gasteiger charge is 2.12. The minimum absolute atomic E-state index is 0.00425. The monoisotopic (exact) mass is 351 g/mol. The Morgan fingerprint density at radius 2 is 1.96 bits per heavy atom. The lowest BCUT2D eigenvalue weighted by atomic mass is 10.2. The first-order valence-corrected chi connectivity index (χ1v) is 9.41. The summed E-state index contributed by atoms with van der Waals surface area (Å²) < 4.78 is 29.8. The Bertz CT molecular complexity index is 799. The highest BCUT2D eigenvalue weighted by Crippen LogP contribution is 2.14. The molecule has 0 aliphatic rings. The topological polar surface area (TPSA) is 100 Å². The first-order valence-electron chi connectivity index (χ1n) is 7.52. The molecule has 2 rings (SSSR count). The summed E-state index contributed by atoms with van der Waals surface area (Å²) >= 11 is 0. The summed E-state index contributed by atoms with van der Waals surface area (Å²) in [5.41, 5.74) is 1.73. The van der Waals surface area contributed by atoms with Crippen LogP contribution < -0.4 is 15.4 Å². The Labute approximate surface area is 141 Å². The molecule has 7 nitrogen and oxygen atoms in total. The van der Waals surface area contributed by atoms with Gasteiger partial charge in [-0.15, -0.1) is 0 Å². The predicted octanol–water partition coefficient (Wildman–Crippen LogP) is 1.69. The molecule has 0 radical (unpaired) electrons. The van der Waals surface area contributed by atoms with Crippen LogP contribution in [-0.2, 0) is 23.1 Å². The molecule has 0 aliphatic heterocycles. The Hall–Kier alpha value is -2.16. The standard InChI is InChI=1S/C16H21N3O4S/c1-3-17-10-12-5-4-6-13(9-12)19-16(20)15-8-7-14(23-15)11-18-24(2,21)22/h4-9,17-18H,3,10-11H2,1-2H3,(H,19,20). The Morgan fingerprint density at radius 3 is 2.67 bits per heavy atom. The van der Waals surface area contributed by atoms with Gasteiger partial charge in [-0.3, -0.25) is 4.79 Å². The minimum atomic E-state index is -3.31. The molecule has 0 spiro atoms. The molecule has 0 unspecified atom stereocenters. The number of carbonyl (C=O) groups is 1. The van der Waals surface area contributed by atoms with Gasteiger partial charge < -0.3 is 15.1 Å². The predicted molar refractivity (Wildman–Crippen MR) is 92.2 cm³/mol. The van der Waals surface area contributed by atoms with E-state index in [1.165, 1.54) is 6.07 Å². The van der Waals surface area contributed by atoms with Crippen LogP contribution in [0.5, 0.6) is 0 Å². The molecule has 1 aromatic heterocycles. The summed E-state index contributed by atoms with van der Waals surface area (Å²) in [7, 11) is -3.31. The van der Waals surface area contributed by atoms with Gasteiger partial charge in [0.1, 0.15) is 5.76 Å². The zero-order valence-electron chi connectivity index (χ0n) is 13.6. The van der Waals surface area contributed by atoms with Crippen LogP contribution >= 0.6 is 0 Å². The van der Waals surface area contributed by atoms with Crippen LogP contribution in [0.3, 0.4) is 0 Å². The van der Waals surface area contributed by atoms with Gasteiger partial charge in [0.15, 0.2) is 5.76 Å². The molecule has 0 fully saturated rings. The van der Waals surface area contributed by atoms with E-state index >= 15 is 0 Å². The van der Waals surface area contributed by atoms with Crippen LogP contribution in [0, 0.1) is 0 Å². The molecular formula is C16H21N3O4S. The van der Waals surface area contributed by atoms with Crippen LogP contribution in [0.4, 0.5) is 5.69 Å². The van der Waals surface area contributed by atoms with Crippen LogP contribution in [-0.4, -0.2) is 27.1 Å². The van der Waals surface area contributed by atoms with Crippen molar-refractivity contribution in [3.05, 3.63) is 53.5 Å². The quantitative estimate of drug-likeness (QED) is 0.672. The van der Waals surface area contributed by atoms with Crippen molar-refractivity contribution in [1.82, 2.24) is 10.0 Å². The van der Waals surface area contributed by atoms with Crippen LogP contribution in [0.15, 0.2) is 40.8 Å². The van der Waals surface area contributed by atoms with Gasteiger partial charge in [-0.1, -0.05) is 19.1 Å². The fraction of sp³-hybridized carbons (Fsp3) is 0.312. The zero-order chi connectivity index (χ0) is 17.6. The maximum absolute atomic E-state index is 12.2. The van der Waals surface area contributed by atoms with Gasteiger partial charge in [0, 0.05) is 12.2 Å².